The Morgan fingerprint density at radius 3 is 1.42 bits per heavy atom. The van der Waals surface area contributed by atoms with Crippen LogP contribution in [0.1, 0.15) is 194 Å². The van der Waals surface area contributed by atoms with E-state index in [0.29, 0.717) is 24.1 Å². The van der Waals surface area contributed by atoms with Crippen molar-refractivity contribution in [2.75, 3.05) is 54.1 Å². The first-order chi connectivity index (χ1) is 27.6. The Kier molecular flexibility index (Phi) is 40.1. The fourth-order valence-electron chi connectivity index (χ4n) is 6.19. The lowest BCUT2D eigenvalue weighted by atomic mass is 10.1. The molecule has 0 aromatic rings. The van der Waals surface area contributed by atoms with Crippen molar-refractivity contribution in [3.05, 3.63) is 48.6 Å². The smallest absolute Gasteiger partial charge is 0.306 e. The Morgan fingerprint density at radius 2 is 0.965 bits per heavy atom. The Morgan fingerprint density at radius 1 is 0.544 bits per heavy atom. The third-order valence-electron chi connectivity index (χ3n) is 9.85. The summed E-state index contributed by atoms with van der Waals surface area (Å²) >= 11 is 0. The predicted octanol–water partition coefficient (Wildman–Crippen LogP) is 13.3. The fraction of sp³-hybridized carbons (Fsp3) is 0.812. The molecule has 0 saturated carbocycles. The largest absolute Gasteiger partial charge is 0.756 e. The SMILES string of the molecule is CCCCC/C=C\C/C=C\CCCCCCCCCCOCC(COP(=O)([O-])OCC[N+](C)(C)C)OC(=O)CCCCCCCCC/C=C\C/C=C\CCCCC. The van der Waals surface area contributed by atoms with Gasteiger partial charge in [0, 0.05) is 13.0 Å². The van der Waals surface area contributed by atoms with Crippen molar-refractivity contribution in [2.45, 2.75) is 200 Å². The van der Waals surface area contributed by atoms with Gasteiger partial charge in [-0.15, -0.1) is 0 Å². The number of phosphoric acid groups is 1. The van der Waals surface area contributed by atoms with E-state index in [1.165, 1.54) is 122 Å². The topological polar surface area (TPSA) is 94.1 Å². The normalized spacial score (nSPS) is 14.1. The summed E-state index contributed by atoms with van der Waals surface area (Å²) in [5, 5.41) is 0. The zero-order valence-corrected chi connectivity index (χ0v) is 38.7. The van der Waals surface area contributed by atoms with Crippen LogP contribution in [0.3, 0.4) is 0 Å². The number of rotatable bonds is 43. The quantitative estimate of drug-likeness (QED) is 0.0199. The maximum atomic E-state index is 12.7. The van der Waals surface area contributed by atoms with E-state index < -0.39 is 13.9 Å². The summed E-state index contributed by atoms with van der Waals surface area (Å²) in [5.41, 5.74) is 0. The van der Waals surface area contributed by atoms with Crippen molar-refractivity contribution in [2.24, 2.45) is 0 Å². The minimum Gasteiger partial charge on any atom is -0.756 e. The number of phosphoric ester groups is 1. The van der Waals surface area contributed by atoms with E-state index in [-0.39, 0.29) is 25.8 Å². The summed E-state index contributed by atoms with van der Waals surface area (Å²) in [7, 11) is 1.34. The van der Waals surface area contributed by atoms with E-state index >= 15 is 0 Å². The molecule has 0 aliphatic carbocycles. The molecule has 0 N–H and O–H groups in total. The molecular formula is C48H90NO7P. The van der Waals surface area contributed by atoms with Gasteiger partial charge in [-0.2, -0.15) is 0 Å². The third kappa shape index (κ3) is 45.4. The highest BCUT2D eigenvalue weighted by molar-refractivity contribution is 7.45. The molecule has 0 spiro atoms. The van der Waals surface area contributed by atoms with Gasteiger partial charge in [0.05, 0.1) is 34.4 Å². The Bertz CT molecular complexity index is 1050. The van der Waals surface area contributed by atoms with E-state index in [1.54, 1.807) is 0 Å². The molecule has 2 atom stereocenters. The summed E-state index contributed by atoms with van der Waals surface area (Å²) in [4.78, 5) is 25.1. The second kappa shape index (κ2) is 41.2. The predicted molar refractivity (Wildman–Crippen MR) is 240 cm³/mol. The minimum absolute atomic E-state index is 0.0219. The standard InChI is InChI=1S/C48H90NO7P/c1-6-8-10-12-14-16-18-20-22-24-26-28-30-32-34-36-38-40-43-53-45-47(46-55-57(51,52)54-44-42-49(3,4)5)56-48(50)41-39-37-35-33-31-29-27-25-23-21-19-17-15-13-11-9-7-2/h14-17,20-23,47H,6-13,18-19,24-46H2,1-5H3/b16-14-,17-15-,22-20-,23-21-. The van der Waals surface area contributed by atoms with E-state index in [1.807, 2.05) is 21.1 Å². The second-order valence-corrected chi connectivity index (χ2v) is 18.2. The molecule has 334 valence electrons. The average molecular weight is 824 g/mol. The van der Waals surface area contributed by atoms with Crippen LogP contribution in [0.2, 0.25) is 0 Å². The number of nitrogens with zero attached hydrogens (tertiary/aromatic N) is 1. The van der Waals surface area contributed by atoms with Crippen molar-refractivity contribution in [3.63, 3.8) is 0 Å². The zero-order chi connectivity index (χ0) is 42.0. The van der Waals surface area contributed by atoms with Gasteiger partial charge < -0.3 is 27.9 Å². The first kappa shape index (κ1) is 55.5. The highest BCUT2D eigenvalue weighted by Gasteiger charge is 2.20. The number of hydrogen-bond acceptors (Lipinski definition) is 7. The summed E-state index contributed by atoms with van der Waals surface area (Å²) in [6, 6.07) is 0. The summed E-state index contributed by atoms with van der Waals surface area (Å²) < 4.78 is 34.6. The number of quaternary nitrogens is 1. The van der Waals surface area contributed by atoms with Gasteiger partial charge in [-0.1, -0.05) is 159 Å². The molecular weight excluding hydrogens is 734 g/mol. The second-order valence-electron chi connectivity index (χ2n) is 16.8. The van der Waals surface area contributed by atoms with Crippen molar-refractivity contribution in [1.29, 1.82) is 0 Å². The number of likely N-dealkylation sites (N-methyl/N-ethyl adjacent to an activating group) is 1. The first-order valence-corrected chi connectivity index (χ1v) is 24.8. The third-order valence-corrected chi connectivity index (χ3v) is 10.8. The lowest BCUT2D eigenvalue weighted by molar-refractivity contribution is -0.870. The van der Waals surface area contributed by atoms with Crippen LogP contribution < -0.4 is 4.89 Å². The molecule has 0 amide bonds. The van der Waals surface area contributed by atoms with Crippen molar-refractivity contribution in [3.8, 4) is 0 Å². The number of carbonyl (C=O) groups excluding carboxylic acids is 1. The first-order valence-electron chi connectivity index (χ1n) is 23.4. The van der Waals surface area contributed by atoms with Gasteiger partial charge in [0.15, 0.2) is 0 Å². The van der Waals surface area contributed by atoms with E-state index in [0.717, 1.165) is 51.4 Å². The Balaban J connectivity index is 4.23. The van der Waals surface area contributed by atoms with Crippen LogP contribution in [0, 0.1) is 0 Å². The number of ether oxygens (including phenoxy) is 2. The molecule has 0 aliphatic rings. The lowest BCUT2D eigenvalue weighted by Crippen LogP contribution is -2.37. The summed E-state index contributed by atoms with van der Waals surface area (Å²) in [6.07, 6.45) is 49.7. The van der Waals surface area contributed by atoms with E-state index in [4.69, 9.17) is 18.5 Å². The van der Waals surface area contributed by atoms with Crippen LogP contribution in [0.15, 0.2) is 48.6 Å². The minimum atomic E-state index is -4.53. The van der Waals surface area contributed by atoms with Crippen LogP contribution in [-0.2, 0) is 27.9 Å². The Labute approximate surface area is 352 Å². The molecule has 8 nitrogen and oxygen atoms in total. The molecule has 0 rings (SSSR count). The monoisotopic (exact) mass is 824 g/mol. The Hall–Kier alpha value is -1.54. The lowest BCUT2D eigenvalue weighted by Gasteiger charge is -2.28. The molecule has 0 aliphatic heterocycles. The van der Waals surface area contributed by atoms with E-state index in [9.17, 15) is 14.3 Å². The molecule has 9 heteroatoms. The summed E-state index contributed by atoms with van der Waals surface area (Å²) in [5.74, 6) is -0.345. The molecule has 0 heterocycles. The van der Waals surface area contributed by atoms with Gasteiger partial charge in [0.25, 0.3) is 7.82 Å². The molecule has 0 radical (unpaired) electrons. The maximum Gasteiger partial charge on any atom is 0.306 e. The van der Waals surface area contributed by atoms with Gasteiger partial charge in [-0.25, -0.2) is 0 Å². The van der Waals surface area contributed by atoms with Crippen LogP contribution in [-0.4, -0.2) is 70.7 Å². The van der Waals surface area contributed by atoms with Gasteiger partial charge in [0.2, 0.25) is 0 Å². The summed E-state index contributed by atoms with van der Waals surface area (Å²) in [6.45, 7) is 5.34. The number of allylic oxidation sites excluding steroid dienone is 8. The maximum absolute atomic E-state index is 12.7. The molecule has 0 saturated heterocycles. The van der Waals surface area contributed by atoms with Gasteiger partial charge in [-0.3, -0.25) is 9.36 Å². The highest BCUT2D eigenvalue weighted by atomic mass is 31.2. The molecule has 0 bridgehead atoms. The van der Waals surface area contributed by atoms with Crippen LogP contribution in [0.4, 0.5) is 0 Å². The zero-order valence-electron chi connectivity index (χ0n) is 37.8. The fourth-order valence-corrected chi connectivity index (χ4v) is 6.92. The van der Waals surface area contributed by atoms with E-state index in [2.05, 4.69) is 62.5 Å². The average Bonchev–Trinajstić information content (AvgIpc) is 3.16. The number of hydrogen-bond donors (Lipinski definition) is 0. The van der Waals surface area contributed by atoms with Crippen LogP contribution in [0.5, 0.6) is 0 Å². The van der Waals surface area contributed by atoms with Crippen LogP contribution >= 0.6 is 7.82 Å². The van der Waals surface area contributed by atoms with Crippen molar-refractivity contribution in [1.82, 2.24) is 0 Å². The highest BCUT2D eigenvalue weighted by Crippen LogP contribution is 2.38. The molecule has 2 unspecified atom stereocenters. The van der Waals surface area contributed by atoms with Gasteiger partial charge in [0.1, 0.15) is 19.3 Å². The van der Waals surface area contributed by atoms with Crippen molar-refractivity contribution >= 4 is 13.8 Å². The molecule has 0 aromatic heterocycles. The van der Waals surface area contributed by atoms with Crippen LogP contribution in [0.25, 0.3) is 0 Å². The number of carbonyl (C=O) groups is 1. The van der Waals surface area contributed by atoms with Crippen molar-refractivity contribution < 1.29 is 37.3 Å². The number of unbranched alkanes of at least 4 members (excludes halogenated alkanes) is 21. The number of esters is 1. The molecule has 0 fully saturated rings. The molecule has 57 heavy (non-hydrogen) atoms. The van der Waals surface area contributed by atoms with Gasteiger partial charge in [-0.05, 0) is 77.0 Å². The van der Waals surface area contributed by atoms with Gasteiger partial charge >= 0.3 is 5.97 Å². The molecule has 0 aromatic carbocycles.